The number of hydrogen-bond acceptors (Lipinski definition) is 7. The molecule has 0 amide bonds. The molecule has 1 saturated heterocycles. The van der Waals surface area contributed by atoms with Gasteiger partial charge >= 0.3 is 0 Å². The molecule has 0 unspecified atom stereocenters. The summed E-state index contributed by atoms with van der Waals surface area (Å²) in [6.45, 7) is 3.83. The van der Waals surface area contributed by atoms with Crippen LogP contribution < -0.4 is 4.90 Å². The summed E-state index contributed by atoms with van der Waals surface area (Å²) in [6.07, 6.45) is 7.69. The van der Waals surface area contributed by atoms with Gasteiger partial charge in [-0.2, -0.15) is 0 Å². The van der Waals surface area contributed by atoms with Gasteiger partial charge in [0.1, 0.15) is 11.3 Å². The highest BCUT2D eigenvalue weighted by atomic mass is 32.2. The Morgan fingerprint density at radius 3 is 2.47 bits per heavy atom. The second kappa shape index (κ2) is 8.79. The quantitative estimate of drug-likeness (QED) is 0.406. The maximum atomic E-state index is 14.6. The Labute approximate surface area is 197 Å². The largest absolute Gasteiger partial charge is 0.436 e. The van der Waals surface area contributed by atoms with E-state index in [1.807, 2.05) is 30.6 Å². The zero-order chi connectivity index (χ0) is 23.9. The molecule has 34 heavy (non-hydrogen) atoms. The second-order valence-electron chi connectivity index (χ2n) is 8.67. The van der Waals surface area contributed by atoms with Crippen molar-refractivity contribution < 1.29 is 17.2 Å². The van der Waals surface area contributed by atoms with E-state index in [4.69, 9.17) is 4.42 Å². The molecule has 3 heterocycles. The minimum absolute atomic E-state index is 0.0785. The summed E-state index contributed by atoms with van der Waals surface area (Å²) in [5.41, 5.74) is 3.65. The van der Waals surface area contributed by atoms with E-state index in [1.165, 1.54) is 17.7 Å². The summed E-state index contributed by atoms with van der Waals surface area (Å²) >= 11 is 0. The van der Waals surface area contributed by atoms with Crippen molar-refractivity contribution in [1.82, 2.24) is 15.0 Å². The first-order valence-electron chi connectivity index (χ1n) is 11.3. The van der Waals surface area contributed by atoms with Crippen LogP contribution in [-0.4, -0.2) is 42.7 Å². The van der Waals surface area contributed by atoms with Crippen molar-refractivity contribution >= 4 is 26.9 Å². The van der Waals surface area contributed by atoms with Crippen molar-refractivity contribution in [3.05, 3.63) is 65.7 Å². The molecule has 2 aromatic heterocycles. The van der Waals surface area contributed by atoms with Gasteiger partial charge in [-0.25, -0.2) is 27.8 Å². The summed E-state index contributed by atoms with van der Waals surface area (Å²) in [6, 6.07) is 9.65. The molecule has 0 spiro atoms. The van der Waals surface area contributed by atoms with Gasteiger partial charge in [0.15, 0.2) is 15.4 Å². The molecule has 0 atom stereocenters. The number of halogens is 1. The van der Waals surface area contributed by atoms with Crippen molar-refractivity contribution in [3.63, 3.8) is 0 Å². The lowest BCUT2D eigenvalue weighted by atomic mass is 9.89. The molecule has 7 nitrogen and oxygen atoms in total. The van der Waals surface area contributed by atoms with Crippen LogP contribution in [0.15, 0.2) is 58.1 Å². The fraction of sp³-hybridized carbons (Fsp3) is 0.320. The molecule has 1 aliphatic rings. The third-order valence-corrected chi connectivity index (χ3v) is 7.47. The average molecular weight is 481 g/mol. The van der Waals surface area contributed by atoms with Crippen molar-refractivity contribution in [1.29, 1.82) is 0 Å². The van der Waals surface area contributed by atoms with Gasteiger partial charge in [0.2, 0.25) is 11.8 Å². The van der Waals surface area contributed by atoms with Crippen LogP contribution in [-0.2, 0) is 16.3 Å². The SMILES string of the molecule is CCc1cnc(N2CCC(c3ccc4oc(-c5ccc(S(C)(=O)=O)cc5F)nc4c3)CC2)nc1. The molecular weight excluding hydrogens is 455 g/mol. The van der Waals surface area contributed by atoms with Crippen molar-refractivity contribution in [2.75, 3.05) is 24.2 Å². The number of oxazole rings is 1. The van der Waals surface area contributed by atoms with Gasteiger partial charge in [-0.3, -0.25) is 0 Å². The summed E-state index contributed by atoms with van der Waals surface area (Å²) in [4.78, 5) is 15.6. The maximum absolute atomic E-state index is 14.6. The molecule has 2 aromatic carbocycles. The van der Waals surface area contributed by atoms with Crippen molar-refractivity contribution in [2.45, 2.75) is 37.0 Å². The lowest BCUT2D eigenvalue weighted by molar-refractivity contribution is 0.499. The summed E-state index contributed by atoms with van der Waals surface area (Å²) in [7, 11) is -3.49. The molecule has 1 fully saturated rings. The Kier molecular flexibility index (Phi) is 5.81. The molecular formula is C25H25FN4O3S. The van der Waals surface area contributed by atoms with E-state index >= 15 is 0 Å². The fourth-order valence-electron chi connectivity index (χ4n) is 4.32. The van der Waals surface area contributed by atoms with E-state index in [2.05, 4.69) is 26.8 Å². The molecule has 0 bridgehead atoms. The Balaban J connectivity index is 1.33. The molecule has 0 saturated carbocycles. The summed E-state index contributed by atoms with van der Waals surface area (Å²) < 4.78 is 43.7. The number of hydrogen-bond donors (Lipinski definition) is 0. The highest BCUT2D eigenvalue weighted by Gasteiger charge is 2.23. The number of aryl methyl sites for hydroxylation is 1. The highest BCUT2D eigenvalue weighted by Crippen LogP contribution is 2.33. The standard InChI is InChI=1S/C25H25FN4O3S/c1-3-16-14-27-25(28-15-16)30-10-8-17(9-11-30)18-4-7-23-22(12-18)29-24(33-23)20-6-5-19(13-21(20)26)34(2,31)32/h4-7,12-15,17H,3,8-11H2,1-2H3. The first-order valence-corrected chi connectivity index (χ1v) is 13.2. The fourth-order valence-corrected chi connectivity index (χ4v) is 4.95. The van der Waals surface area contributed by atoms with Crippen molar-refractivity contribution in [3.8, 4) is 11.5 Å². The molecule has 0 radical (unpaired) electrons. The minimum Gasteiger partial charge on any atom is -0.436 e. The van der Waals surface area contributed by atoms with Gasteiger partial charge in [0.05, 0.1) is 10.5 Å². The highest BCUT2D eigenvalue weighted by molar-refractivity contribution is 7.90. The third kappa shape index (κ3) is 4.40. The van der Waals surface area contributed by atoms with Crippen LogP contribution in [0.1, 0.15) is 36.8 Å². The molecule has 176 valence electrons. The zero-order valence-electron chi connectivity index (χ0n) is 19.0. The predicted molar refractivity (Wildman–Crippen MR) is 128 cm³/mol. The third-order valence-electron chi connectivity index (χ3n) is 6.36. The molecule has 0 N–H and O–H groups in total. The van der Waals surface area contributed by atoms with E-state index < -0.39 is 15.7 Å². The van der Waals surface area contributed by atoms with Gasteiger partial charge in [-0.1, -0.05) is 13.0 Å². The van der Waals surface area contributed by atoms with Gasteiger partial charge < -0.3 is 9.32 Å². The normalized spacial score (nSPS) is 15.2. The van der Waals surface area contributed by atoms with Gasteiger partial charge in [0.25, 0.3) is 0 Å². The Hall–Kier alpha value is -3.33. The molecule has 4 aromatic rings. The zero-order valence-corrected chi connectivity index (χ0v) is 19.8. The first kappa shape index (κ1) is 22.5. The maximum Gasteiger partial charge on any atom is 0.230 e. The van der Waals surface area contributed by atoms with Crippen LogP contribution in [0.2, 0.25) is 0 Å². The van der Waals surface area contributed by atoms with Crippen LogP contribution >= 0.6 is 0 Å². The monoisotopic (exact) mass is 480 g/mol. The number of aromatic nitrogens is 3. The topological polar surface area (TPSA) is 89.2 Å². The number of piperidine rings is 1. The number of sulfone groups is 1. The molecule has 5 rings (SSSR count). The molecule has 0 aliphatic carbocycles. The molecule has 1 aliphatic heterocycles. The molecule has 9 heteroatoms. The van der Waals surface area contributed by atoms with Crippen molar-refractivity contribution in [2.24, 2.45) is 0 Å². The first-order chi connectivity index (χ1) is 16.3. The Morgan fingerprint density at radius 2 is 1.82 bits per heavy atom. The number of nitrogens with zero attached hydrogens (tertiary/aromatic N) is 4. The lowest BCUT2D eigenvalue weighted by Crippen LogP contribution is -2.34. The average Bonchev–Trinajstić information content (AvgIpc) is 3.26. The number of rotatable bonds is 5. The Bertz CT molecular complexity index is 1440. The van der Waals surface area contributed by atoms with Gasteiger partial charge in [-0.15, -0.1) is 0 Å². The van der Waals surface area contributed by atoms with E-state index in [0.717, 1.165) is 56.2 Å². The summed E-state index contributed by atoms with van der Waals surface area (Å²) in [5.74, 6) is 0.598. The Morgan fingerprint density at radius 1 is 1.09 bits per heavy atom. The van der Waals surface area contributed by atoms with Crippen LogP contribution in [0.25, 0.3) is 22.6 Å². The minimum atomic E-state index is -3.49. The van der Waals surface area contributed by atoms with E-state index in [1.54, 1.807) is 0 Å². The number of benzene rings is 2. The smallest absolute Gasteiger partial charge is 0.230 e. The lowest BCUT2D eigenvalue weighted by Gasteiger charge is -2.32. The van der Waals surface area contributed by atoms with E-state index in [0.29, 0.717) is 17.0 Å². The number of fused-ring (bicyclic) bond motifs is 1. The van der Waals surface area contributed by atoms with Crippen LogP contribution in [0.3, 0.4) is 0 Å². The van der Waals surface area contributed by atoms with E-state index in [-0.39, 0.29) is 16.3 Å². The van der Waals surface area contributed by atoms with Crippen LogP contribution in [0.4, 0.5) is 10.3 Å². The van der Waals surface area contributed by atoms with E-state index in [9.17, 15) is 12.8 Å². The van der Waals surface area contributed by atoms with Gasteiger partial charge in [-0.05, 0) is 66.6 Å². The predicted octanol–water partition coefficient (Wildman–Crippen LogP) is 4.77. The van der Waals surface area contributed by atoms with Crippen LogP contribution in [0.5, 0.6) is 0 Å². The van der Waals surface area contributed by atoms with Gasteiger partial charge in [0, 0.05) is 31.7 Å². The van der Waals surface area contributed by atoms with Crippen LogP contribution in [0, 0.1) is 5.82 Å². The second-order valence-corrected chi connectivity index (χ2v) is 10.7. The number of anilines is 1. The summed E-state index contributed by atoms with van der Waals surface area (Å²) in [5, 5.41) is 0.